The normalized spacial score (nSPS) is 55.2. The van der Waals surface area contributed by atoms with Crippen molar-refractivity contribution in [2.24, 2.45) is 44.8 Å². The molecule has 6 aliphatic heterocycles. The lowest BCUT2D eigenvalue weighted by Gasteiger charge is -2.71. The van der Waals surface area contributed by atoms with E-state index < -0.39 is 238 Å². The quantitative estimate of drug-likeness (QED) is 0.0417. The lowest BCUT2D eigenvalue weighted by molar-refractivity contribution is -0.384. The first-order valence-electron chi connectivity index (χ1n) is 32.9. The van der Waals surface area contributed by atoms with Gasteiger partial charge in [0.15, 0.2) is 31.5 Å². The third-order valence-corrected chi connectivity index (χ3v) is 24.3. The molecule has 5 aliphatic carbocycles. The van der Waals surface area contributed by atoms with Crippen molar-refractivity contribution < 1.29 is 148 Å². The van der Waals surface area contributed by atoms with Crippen molar-refractivity contribution in [1.82, 2.24) is 0 Å². The van der Waals surface area contributed by atoms with E-state index in [4.69, 9.17) is 56.8 Å². The molecule has 37 atom stereocenters. The van der Waals surface area contributed by atoms with Crippen LogP contribution in [0.25, 0.3) is 0 Å². The first-order chi connectivity index (χ1) is 43.8. The summed E-state index contributed by atoms with van der Waals surface area (Å²) in [5, 5.41) is 185. The molecule has 0 aromatic carbocycles. The van der Waals surface area contributed by atoms with Gasteiger partial charge in [-0.15, -0.1) is 0 Å². The topological polar surface area (TPSA) is 472 Å². The number of hydrogen-bond acceptors (Lipinski definition) is 30. The summed E-state index contributed by atoms with van der Waals surface area (Å²) in [6.45, 7) is 13.5. The second-order valence-corrected chi connectivity index (χ2v) is 29.4. The average Bonchev–Trinajstić information content (AvgIpc) is 0.677. The summed E-state index contributed by atoms with van der Waals surface area (Å²) >= 11 is 0. The maximum absolute atomic E-state index is 15.2. The van der Waals surface area contributed by atoms with E-state index in [2.05, 4.69) is 33.4 Å². The van der Waals surface area contributed by atoms with Crippen molar-refractivity contribution in [3.05, 3.63) is 23.8 Å². The number of rotatable bonds is 15. The molecule has 4 saturated carbocycles. The van der Waals surface area contributed by atoms with Gasteiger partial charge in [-0.3, -0.25) is 4.79 Å². The molecule has 93 heavy (non-hydrogen) atoms. The molecule has 0 bridgehead atoms. The van der Waals surface area contributed by atoms with Gasteiger partial charge >= 0.3 is 5.97 Å². The maximum Gasteiger partial charge on any atom is 0.315 e. The van der Waals surface area contributed by atoms with Gasteiger partial charge in [-0.1, -0.05) is 51.5 Å². The van der Waals surface area contributed by atoms with Crippen LogP contribution >= 0.6 is 0 Å². The van der Waals surface area contributed by atoms with Crippen LogP contribution in [0.3, 0.4) is 0 Å². The van der Waals surface area contributed by atoms with Crippen molar-refractivity contribution in [2.45, 2.75) is 284 Å². The summed E-state index contributed by atoms with van der Waals surface area (Å²) in [5.74, 6) is -1.20. The van der Waals surface area contributed by atoms with Crippen LogP contribution in [-0.4, -0.2) is 304 Å². The number of allylic oxidation sites excluding steroid dienone is 3. The molecule has 17 N–H and O–H groups in total. The first kappa shape index (κ1) is 72.1. The monoisotopic (exact) mass is 1340 g/mol. The van der Waals surface area contributed by atoms with E-state index in [0.29, 0.717) is 64.2 Å². The molecule has 30 heteroatoms. The van der Waals surface area contributed by atoms with Crippen LogP contribution < -0.4 is 0 Å². The molecule has 0 aromatic heterocycles. The lowest BCUT2D eigenvalue weighted by atomic mass is 9.34. The van der Waals surface area contributed by atoms with Gasteiger partial charge in [-0.2, -0.15) is 0 Å². The summed E-state index contributed by atoms with van der Waals surface area (Å²) in [5.41, 5.74) is -1.32. The highest BCUT2D eigenvalue weighted by Crippen LogP contribution is 2.76. The van der Waals surface area contributed by atoms with Crippen molar-refractivity contribution in [3.8, 4) is 0 Å². The number of esters is 1. The van der Waals surface area contributed by atoms with Crippen molar-refractivity contribution in [2.75, 3.05) is 33.0 Å². The molecule has 0 amide bonds. The third-order valence-electron chi connectivity index (χ3n) is 24.3. The minimum atomic E-state index is -1.93. The van der Waals surface area contributed by atoms with E-state index in [1.807, 2.05) is 6.92 Å². The molecule has 11 rings (SSSR count). The van der Waals surface area contributed by atoms with Gasteiger partial charge in [0.05, 0.1) is 56.8 Å². The minimum absolute atomic E-state index is 0.0421. The molecular weight excluding hydrogens is 1240 g/mol. The van der Waals surface area contributed by atoms with E-state index in [1.165, 1.54) is 13.8 Å². The third kappa shape index (κ3) is 12.4. The fourth-order valence-electron chi connectivity index (χ4n) is 18.3. The molecule has 0 unspecified atom stereocenters. The molecule has 11 aliphatic rings. The Bertz CT molecular complexity index is 2640. The highest BCUT2D eigenvalue weighted by molar-refractivity contribution is 5.79. The predicted molar refractivity (Wildman–Crippen MR) is 310 cm³/mol. The van der Waals surface area contributed by atoms with Crippen molar-refractivity contribution in [3.63, 3.8) is 0 Å². The van der Waals surface area contributed by atoms with Crippen LogP contribution in [-0.2, 0) is 61.6 Å². The van der Waals surface area contributed by atoms with Crippen molar-refractivity contribution in [1.29, 1.82) is 0 Å². The Morgan fingerprint density at radius 1 is 0.548 bits per heavy atom. The molecule has 0 aromatic rings. The van der Waals surface area contributed by atoms with Gasteiger partial charge in [0.2, 0.25) is 6.29 Å². The molecule has 6 heterocycles. The van der Waals surface area contributed by atoms with Gasteiger partial charge in [0.25, 0.3) is 0 Å². The Hall–Kier alpha value is -2.17. The number of aliphatic hydroxyl groups is 17. The van der Waals surface area contributed by atoms with Gasteiger partial charge < -0.3 is 144 Å². The Morgan fingerprint density at radius 2 is 1.12 bits per heavy atom. The number of aliphatic hydroxyl groups excluding tert-OH is 17. The molecule has 0 radical (unpaired) electrons. The van der Waals surface area contributed by atoms with Gasteiger partial charge in [-0.05, 0) is 106 Å². The Kier molecular flexibility index (Phi) is 21.2. The van der Waals surface area contributed by atoms with Crippen LogP contribution in [0.1, 0.15) is 106 Å². The van der Waals surface area contributed by atoms with Gasteiger partial charge in [0.1, 0.15) is 122 Å². The van der Waals surface area contributed by atoms with E-state index >= 15 is 4.79 Å². The molecule has 0 spiro atoms. The van der Waals surface area contributed by atoms with Crippen LogP contribution in [0.2, 0.25) is 0 Å². The zero-order valence-corrected chi connectivity index (χ0v) is 53.3. The second kappa shape index (κ2) is 27.4. The molecule has 532 valence electrons. The summed E-state index contributed by atoms with van der Waals surface area (Å²) < 4.78 is 71.9. The van der Waals surface area contributed by atoms with Crippen LogP contribution in [0.15, 0.2) is 23.8 Å². The van der Waals surface area contributed by atoms with Gasteiger partial charge in [0, 0.05) is 11.3 Å². The summed E-state index contributed by atoms with van der Waals surface area (Å²) in [6.07, 6.45) is -38.4. The minimum Gasteiger partial charge on any atom is -0.432 e. The second-order valence-electron chi connectivity index (χ2n) is 29.4. The summed E-state index contributed by atoms with van der Waals surface area (Å²) in [6, 6.07) is 0. The fraction of sp³-hybridized carbons (Fsp3) is 0.921. The van der Waals surface area contributed by atoms with E-state index in [9.17, 15) is 86.8 Å². The van der Waals surface area contributed by atoms with Crippen molar-refractivity contribution >= 4 is 5.97 Å². The summed E-state index contributed by atoms with van der Waals surface area (Å²) in [7, 11) is 0. The molecule has 10 fully saturated rings. The highest BCUT2D eigenvalue weighted by atomic mass is 16.8. The lowest BCUT2D eigenvalue weighted by Crippen LogP contribution is -2.67. The molecule has 6 saturated heterocycles. The number of carbonyl (C=O) groups excluding carboxylic acids is 1. The van der Waals surface area contributed by atoms with Gasteiger partial charge in [-0.25, -0.2) is 0 Å². The molecular formula is C63H100O30. The highest BCUT2D eigenvalue weighted by Gasteiger charge is 2.71. The van der Waals surface area contributed by atoms with Crippen LogP contribution in [0.4, 0.5) is 0 Å². The van der Waals surface area contributed by atoms with E-state index in [0.717, 1.165) is 11.1 Å². The Morgan fingerprint density at radius 3 is 1.76 bits per heavy atom. The number of fused-ring (bicyclic) bond motifs is 7. The fourth-order valence-corrected chi connectivity index (χ4v) is 18.3. The number of carbonyl (C=O) groups is 1. The van der Waals surface area contributed by atoms with Crippen LogP contribution in [0, 0.1) is 44.8 Å². The Balaban J connectivity index is 0.786. The predicted octanol–water partition coefficient (Wildman–Crippen LogP) is -4.55. The molecule has 30 nitrogen and oxygen atoms in total. The zero-order valence-electron chi connectivity index (χ0n) is 53.3. The number of ether oxygens (including phenoxy) is 12. The average molecular weight is 1340 g/mol. The standard InChI is InChI=1S/C63H100O30/c1-24-10-15-63(58(81)93-56-47(79)42(74)39(71)32(88-56)22-84-52-48(80)43(75)50(31(19-64)87-52)91-54-45(77)40(72)36(68)25(2)85-54)17-16-61(6)27(28(63)18-24)8-9-34-59(4)13-12-35(60(5,23-65)33(59)11-14-62(34,61)7)89-57-51(92-55-46(78)41(73)37(69)26(3)86-55)49(30(67)21-83-57)90-53-44(76)38(70)29(66)20-82-53/h8,25-26,28-57,64-80H,1,9-23H2,2-7H3/t25-,26-,28-,29-,30-,31+,32+,33+,34+,35-,36-,37-,38-,39-,40+,41+,42-,43-,44+,45+,46+,47+,48+,49-,50-,51+,52+,53-,54-,55-,56-,57-,59-,60-,61+,62+,63-/m0/s1. The SMILES string of the molecule is C=C1CC[C@]2(C(=O)O[C@@H]3O[C@H](CO[C@@H]4O[C@H](CO)[C@H](O[C@@H]5O[C@@H](C)[C@H](O)[C@@H](O)[C@H]5O)[C@@H](O)[C@H]4O)[C@H](O)[C@H](O)[C@H]3O)CC[C@]3(C)C(=CC[C@@H]4[C@@]5(C)CC[C@H](O[C@@H]6OC[C@H](O)[C@H](O[C@@H]7OC[C@H](O)[C@H](O)[C@H]7O)[C@H]6O[C@@H]6O[C@@H](C)[C@H](O)[C@@H](O)[C@H]6O)[C@@](C)(CO)[C@@H]5CC[C@]43C)[C@@H]2C1. The van der Waals surface area contributed by atoms with E-state index in [1.54, 1.807) is 0 Å². The Labute approximate surface area is 538 Å². The summed E-state index contributed by atoms with van der Waals surface area (Å²) in [4.78, 5) is 15.2. The number of hydrogen-bond donors (Lipinski definition) is 17. The zero-order chi connectivity index (χ0) is 67.5. The van der Waals surface area contributed by atoms with Crippen LogP contribution in [0.5, 0.6) is 0 Å². The largest absolute Gasteiger partial charge is 0.432 e. The maximum atomic E-state index is 15.2. The smallest absolute Gasteiger partial charge is 0.315 e. The first-order valence-corrected chi connectivity index (χ1v) is 32.9. The van der Waals surface area contributed by atoms with E-state index in [-0.39, 0.29) is 23.9 Å².